The van der Waals surface area contributed by atoms with E-state index in [0.717, 1.165) is 11.8 Å². The zero-order chi connectivity index (χ0) is 49.0. The number of halogens is 1. The van der Waals surface area contributed by atoms with Gasteiger partial charge < -0.3 is 67.3 Å². The van der Waals surface area contributed by atoms with Crippen LogP contribution in [0.15, 0.2) is 42.9 Å². The number of nitrogens with zero attached hydrogens (tertiary/aromatic N) is 5. The zero-order valence-electron chi connectivity index (χ0n) is 36.0. The fraction of sp³-hybridized carbons (Fsp3) is 0.359. The molecule has 0 radical (unpaired) electrons. The van der Waals surface area contributed by atoms with Crippen LogP contribution in [0, 0.1) is 5.41 Å². The summed E-state index contributed by atoms with van der Waals surface area (Å²) in [6, 6.07) is 3.22. The number of aromatic nitrogens is 5. The maximum Gasteiger partial charge on any atom is 0.322 e. The number of nitrogens with two attached hydrogens (primary N) is 2. The summed E-state index contributed by atoms with van der Waals surface area (Å²) >= 11 is 4.33. The number of carbonyl (C=O) groups is 9. The fourth-order valence-corrected chi connectivity index (χ4v) is 7.68. The van der Waals surface area contributed by atoms with Crippen molar-refractivity contribution in [3.05, 3.63) is 65.6 Å². The average Bonchev–Trinajstić information content (AvgIpc) is 4.01. The number of Topliss-reactive ketones (excluding diaryl/α,β-unsaturated/α-hetero) is 1. The summed E-state index contributed by atoms with van der Waals surface area (Å²) in [5, 5.41) is 44.7. The van der Waals surface area contributed by atoms with E-state index in [4.69, 9.17) is 27.1 Å². The third kappa shape index (κ3) is 14.6. The van der Waals surface area contributed by atoms with E-state index < -0.39 is 70.8 Å². The number of carboxylic acids is 2. The monoisotopic (exact) mass is 1000 g/mol. The summed E-state index contributed by atoms with van der Waals surface area (Å²) in [6.45, 7) is -0.714. The summed E-state index contributed by atoms with van der Waals surface area (Å²) in [7, 11) is 6.33. The molecule has 6 amide bonds. The van der Waals surface area contributed by atoms with Crippen LogP contribution < -0.4 is 43.4 Å². The number of amides is 6. The van der Waals surface area contributed by atoms with Crippen molar-refractivity contribution in [3.63, 3.8) is 0 Å². The molecular formula is C39H49BrN14O11S. The average molecular weight is 1000 g/mol. The van der Waals surface area contributed by atoms with Crippen molar-refractivity contribution in [1.82, 2.24) is 34.1 Å². The molecule has 13 N–H and O–H groups in total. The van der Waals surface area contributed by atoms with E-state index in [1.165, 1.54) is 57.5 Å². The summed E-state index contributed by atoms with van der Waals surface area (Å²) in [4.78, 5) is 111. The van der Waals surface area contributed by atoms with Crippen LogP contribution in [0.1, 0.15) is 67.6 Å². The lowest BCUT2D eigenvalue weighted by atomic mass is 10.1. The Balaban J connectivity index is 1.30. The first-order valence-corrected chi connectivity index (χ1v) is 21.7. The Bertz CT molecular complexity index is 2540. The lowest BCUT2D eigenvalue weighted by molar-refractivity contribution is -0.139. The van der Waals surface area contributed by atoms with Crippen LogP contribution in [0.4, 0.5) is 22.9 Å². The molecule has 0 saturated heterocycles. The number of hydrogen-bond acceptors (Lipinski definition) is 13. The molecule has 0 aliphatic rings. The molecule has 0 aliphatic carbocycles. The van der Waals surface area contributed by atoms with E-state index in [0.29, 0.717) is 17.1 Å². The number of anilines is 4. The molecule has 0 aromatic carbocycles. The Hall–Kier alpha value is -7.26. The van der Waals surface area contributed by atoms with Crippen LogP contribution in [0.5, 0.6) is 0 Å². The van der Waals surface area contributed by atoms with Crippen molar-refractivity contribution in [2.24, 2.45) is 39.7 Å². The molecule has 27 heteroatoms. The van der Waals surface area contributed by atoms with E-state index >= 15 is 0 Å². The minimum Gasteiger partial charge on any atom is -0.480 e. The van der Waals surface area contributed by atoms with Crippen LogP contribution >= 0.6 is 27.7 Å². The van der Waals surface area contributed by atoms with Gasteiger partial charge in [0, 0.05) is 83.6 Å². The minimum atomic E-state index is -1.32. The molecule has 4 aromatic heterocycles. The van der Waals surface area contributed by atoms with Crippen LogP contribution in [-0.2, 0) is 52.2 Å². The lowest BCUT2D eigenvalue weighted by Crippen LogP contribution is -2.49. The minimum absolute atomic E-state index is 0.0219. The van der Waals surface area contributed by atoms with Gasteiger partial charge in [0.15, 0.2) is 11.6 Å². The Morgan fingerprint density at radius 1 is 0.727 bits per heavy atom. The number of rotatable bonds is 24. The molecule has 354 valence electrons. The van der Waals surface area contributed by atoms with Crippen LogP contribution in [0.3, 0.4) is 0 Å². The molecule has 4 heterocycles. The highest BCUT2D eigenvalue weighted by Crippen LogP contribution is 2.22. The Kier molecular flexibility index (Phi) is 18.0. The van der Waals surface area contributed by atoms with Crippen LogP contribution in [0.25, 0.3) is 0 Å². The molecule has 0 bridgehead atoms. The number of amidine groups is 1. The molecule has 3 unspecified atom stereocenters. The van der Waals surface area contributed by atoms with Crippen molar-refractivity contribution in [1.29, 1.82) is 5.41 Å². The summed E-state index contributed by atoms with van der Waals surface area (Å²) in [6.07, 6.45) is 4.26. The van der Waals surface area contributed by atoms with Crippen molar-refractivity contribution in [3.8, 4) is 0 Å². The van der Waals surface area contributed by atoms with Gasteiger partial charge in [0.2, 0.25) is 17.7 Å². The summed E-state index contributed by atoms with van der Waals surface area (Å²) in [5.74, 6) is -6.74. The van der Waals surface area contributed by atoms with Crippen molar-refractivity contribution in [2.75, 3.05) is 39.3 Å². The maximum absolute atomic E-state index is 13.3. The van der Waals surface area contributed by atoms with E-state index in [1.54, 1.807) is 31.9 Å². The topological polar surface area (TPSA) is 375 Å². The standard InChI is InChI=1S/C39H49BrN14O11S/c1-51-14-19(9-25(51)29(55)6-7-30(42)43)45-36(61)26-10-20(15-52(26)2)46-37(62)27-11-21(16-53(27)3)47-38(63)28-12-31(50-54(28)4)49-34(59)22(40)17-66-18-24(35(60)44-13-33(57)58)48-32(56)8-5-23(41)39(64)65/h9-12,14-16,22-24H,5-8,13,17-18,41H2,1-4H3,(H3,42,43)(H,44,60)(H,45,61)(H,46,62)(H,47,63)(H,48,56)(H,57,58)(H,64,65)(H,49,50,59). The van der Waals surface area contributed by atoms with E-state index in [-0.39, 0.29) is 77.4 Å². The van der Waals surface area contributed by atoms with Crippen molar-refractivity contribution >= 4 is 110 Å². The molecule has 3 atom stereocenters. The van der Waals surface area contributed by atoms with Gasteiger partial charge in [0.25, 0.3) is 17.7 Å². The van der Waals surface area contributed by atoms with Crippen molar-refractivity contribution < 1.29 is 53.4 Å². The van der Waals surface area contributed by atoms with Gasteiger partial charge in [-0.3, -0.25) is 53.2 Å². The van der Waals surface area contributed by atoms with Gasteiger partial charge in [-0.25, -0.2) is 0 Å². The molecule has 4 rings (SSSR count). The first-order chi connectivity index (χ1) is 31.0. The van der Waals surface area contributed by atoms with Gasteiger partial charge in [-0.1, -0.05) is 15.9 Å². The Morgan fingerprint density at radius 3 is 1.76 bits per heavy atom. The number of thioether (sulfide) groups is 1. The van der Waals surface area contributed by atoms with Crippen LogP contribution in [-0.4, -0.2) is 128 Å². The molecule has 0 spiro atoms. The number of aryl methyl sites for hydroxylation is 4. The Morgan fingerprint density at radius 2 is 1.24 bits per heavy atom. The predicted octanol–water partition coefficient (Wildman–Crippen LogP) is 0.404. The lowest BCUT2D eigenvalue weighted by Gasteiger charge is -2.19. The van der Waals surface area contributed by atoms with Crippen molar-refractivity contribution in [2.45, 2.75) is 42.6 Å². The molecule has 4 aromatic rings. The maximum atomic E-state index is 13.3. The quantitative estimate of drug-likeness (QED) is 0.0196. The molecule has 0 aliphatic heterocycles. The third-order valence-corrected chi connectivity index (χ3v) is 11.7. The molecule has 66 heavy (non-hydrogen) atoms. The number of carboxylic acid groups (broad SMARTS) is 2. The van der Waals surface area contributed by atoms with E-state index in [9.17, 15) is 43.2 Å². The number of ketones is 1. The van der Waals surface area contributed by atoms with Gasteiger partial charge >= 0.3 is 11.9 Å². The third-order valence-electron chi connectivity index (χ3n) is 9.42. The summed E-state index contributed by atoms with van der Waals surface area (Å²) in [5.41, 5.74) is 12.4. The number of hydrogen-bond donors (Lipinski definition) is 11. The first-order valence-electron chi connectivity index (χ1n) is 19.7. The van der Waals surface area contributed by atoms with Gasteiger partial charge in [-0.15, -0.1) is 0 Å². The highest BCUT2D eigenvalue weighted by Gasteiger charge is 2.26. The number of alkyl halides is 1. The zero-order valence-corrected chi connectivity index (χ0v) is 38.4. The van der Waals surface area contributed by atoms with E-state index in [2.05, 4.69) is 52.9 Å². The SMILES string of the molecule is Cn1cc(NC(=O)c2cc(NC(=O)c3cc(NC(=O)c4cc(NC(=O)C(Br)CSCC(NC(=O)CCC(N)C(=O)O)C(=O)NCC(=O)O)nn4C)cn3C)cn2C)cc1C(=O)CCC(=N)N. The fourth-order valence-electron chi connectivity index (χ4n) is 6.04. The predicted molar refractivity (Wildman–Crippen MR) is 245 cm³/mol. The Labute approximate surface area is 388 Å². The molecule has 0 fully saturated rings. The second kappa shape index (κ2) is 23.1. The largest absolute Gasteiger partial charge is 0.480 e. The van der Waals surface area contributed by atoms with Gasteiger partial charge in [-0.2, -0.15) is 16.9 Å². The molecular weight excluding hydrogens is 952 g/mol. The normalized spacial score (nSPS) is 12.3. The van der Waals surface area contributed by atoms with Crippen LogP contribution in [0.2, 0.25) is 0 Å². The van der Waals surface area contributed by atoms with Gasteiger partial charge in [0.05, 0.1) is 28.6 Å². The number of carbonyl (C=O) groups excluding carboxylic acids is 7. The number of nitrogens with one attached hydrogen (secondary N) is 7. The molecule has 0 saturated carbocycles. The second-order valence-electron chi connectivity index (χ2n) is 14.7. The van der Waals surface area contributed by atoms with Gasteiger partial charge in [0.1, 0.15) is 40.5 Å². The molecule has 25 nitrogen and oxygen atoms in total. The van der Waals surface area contributed by atoms with E-state index in [1.807, 2.05) is 0 Å². The smallest absolute Gasteiger partial charge is 0.322 e. The second-order valence-corrected chi connectivity index (χ2v) is 16.9. The highest BCUT2D eigenvalue weighted by atomic mass is 79.9. The highest BCUT2D eigenvalue weighted by molar-refractivity contribution is 9.10. The summed E-state index contributed by atoms with van der Waals surface area (Å²) < 4.78 is 5.77. The van der Waals surface area contributed by atoms with Gasteiger partial charge in [-0.05, 0) is 24.6 Å². The number of aliphatic carboxylic acids is 2. The first kappa shape index (κ1) is 51.4.